The Bertz CT molecular complexity index is 1290. The molecule has 0 aliphatic heterocycles. The van der Waals surface area contributed by atoms with E-state index in [9.17, 15) is 5.11 Å². The number of aliphatic hydroxyl groups is 1. The molecule has 0 radical (unpaired) electrons. The standard InChI is InChI=1S/C36H46O/c1-3-4-5-6-7-8-9-10-11-12-13-14-15-16-17-18-28-36(2,37)33-27-25-31-23-22-29-20-19-21-30-24-26-32(33)35(31)34(29)30/h19-27,37H,3-17H2,1-2H3. The summed E-state index contributed by atoms with van der Waals surface area (Å²) in [6, 6.07) is 19.3. The average Bonchev–Trinajstić information content (AvgIpc) is 2.91. The van der Waals surface area contributed by atoms with E-state index >= 15 is 0 Å². The van der Waals surface area contributed by atoms with Crippen molar-refractivity contribution >= 4 is 32.3 Å². The number of hydrogen-bond acceptors (Lipinski definition) is 1. The molecule has 4 rings (SSSR count). The second-order valence-corrected chi connectivity index (χ2v) is 11.2. The smallest absolute Gasteiger partial charge is 0.148 e. The van der Waals surface area contributed by atoms with Crippen LogP contribution in [-0.4, -0.2) is 5.11 Å². The van der Waals surface area contributed by atoms with Crippen LogP contribution in [0, 0.1) is 11.8 Å². The van der Waals surface area contributed by atoms with Crippen LogP contribution in [0.4, 0.5) is 0 Å². The average molecular weight is 495 g/mol. The molecule has 1 N–H and O–H groups in total. The van der Waals surface area contributed by atoms with E-state index in [4.69, 9.17) is 0 Å². The summed E-state index contributed by atoms with van der Waals surface area (Å²) in [5.74, 6) is 6.50. The molecule has 196 valence electrons. The number of hydrogen-bond donors (Lipinski definition) is 1. The first-order valence-corrected chi connectivity index (χ1v) is 15.0. The van der Waals surface area contributed by atoms with Crippen LogP contribution in [-0.2, 0) is 5.60 Å². The molecule has 0 saturated carbocycles. The summed E-state index contributed by atoms with van der Waals surface area (Å²) in [6.07, 6.45) is 20.0. The van der Waals surface area contributed by atoms with Crippen molar-refractivity contribution in [3.63, 3.8) is 0 Å². The van der Waals surface area contributed by atoms with Crippen LogP contribution in [0.25, 0.3) is 32.3 Å². The maximum absolute atomic E-state index is 11.4. The predicted molar refractivity (Wildman–Crippen MR) is 162 cm³/mol. The Hall–Kier alpha value is -2.56. The van der Waals surface area contributed by atoms with Crippen molar-refractivity contribution in [2.75, 3.05) is 0 Å². The van der Waals surface area contributed by atoms with Crippen molar-refractivity contribution in [2.45, 2.75) is 116 Å². The van der Waals surface area contributed by atoms with Gasteiger partial charge in [0.05, 0.1) is 0 Å². The summed E-state index contributed by atoms with van der Waals surface area (Å²) in [4.78, 5) is 0. The Morgan fingerprint density at radius 1 is 0.595 bits per heavy atom. The molecule has 4 aromatic rings. The highest BCUT2D eigenvalue weighted by Gasteiger charge is 2.24. The summed E-state index contributed by atoms with van der Waals surface area (Å²) < 4.78 is 0. The number of unbranched alkanes of at least 4 members (excludes halogenated alkanes) is 14. The normalized spacial score (nSPS) is 13.3. The zero-order valence-electron chi connectivity index (χ0n) is 23.2. The minimum atomic E-state index is -1.15. The maximum atomic E-state index is 11.4. The van der Waals surface area contributed by atoms with Crippen LogP contribution >= 0.6 is 0 Å². The van der Waals surface area contributed by atoms with E-state index in [2.05, 4.69) is 73.4 Å². The summed E-state index contributed by atoms with van der Waals surface area (Å²) in [6.45, 7) is 4.13. The molecule has 1 heteroatoms. The van der Waals surface area contributed by atoms with Gasteiger partial charge in [0.1, 0.15) is 5.60 Å². The Morgan fingerprint density at radius 3 is 1.68 bits per heavy atom. The topological polar surface area (TPSA) is 20.2 Å². The lowest BCUT2D eigenvalue weighted by Crippen LogP contribution is -2.19. The Morgan fingerprint density at radius 2 is 1.08 bits per heavy atom. The van der Waals surface area contributed by atoms with E-state index < -0.39 is 5.60 Å². The fraction of sp³-hybridized carbons (Fsp3) is 0.500. The van der Waals surface area contributed by atoms with Gasteiger partial charge in [0.25, 0.3) is 0 Å². The SMILES string of the molecule is CCCCCCCCCCCCCCCCC#CC(C)(O)c1ccc2ccc3cccc4ccc1c2c34. The molecule has 0 spiro atoms. The first kappa shape index (κ1) is 27.5. The van der Waals surface area contributed by atoms with Crippen molar-refractivity contribution in [3.05, 3.63) is 60.2 Å². The Balaban J connectivity index is 1.20. The molecule has 0 amide bonds. The molecule has 0 heterocycles. The van der Waals surface area contributed by atoms with Gasteiger partial charge in [0, 0.05) is 12.0 Å². The van der Waals surface area contributed by atoms with Crippen molar-refractivity contribution in [1.82, 2.24) is 0 Å². The maximum Gasteiger partial charge on any atom is 0.148 e. The van der Waals surface area contributed by atoms with Crippen molar-refractivity contribution in [1.29, 1.82) is 0 Å². The van der Waals surface area contributed by atoms with Crippen LogP contribution in [0.2, 0.25) is 0 Å². The van der Waals surface area contributed by atoms with Gasteiger partial charge in [-0.1, -0.05) is 157 Å². The minimum Gasteiger partial charge on any atom is -0.374 e. The van der Waals surface area contributed by atoms with Crippen LogP contribution in [0.15, 0.2) is 54.6 Å². The lowest BCUT2D eigenvalue weighted by Gasteiger charge is -2.21. The molecule has 0 bridgehead atoms. The fourth-order valence-electron chi connectivity index (χ4n) is 5.87. The van der Waals surface area contributed by atoms with E-state index in [0.29, 0.717) is 0 Å². The predicted octanol–water partition coefficient (Wildman–Crippen LogP) is 10.7. The van der Waals surface area contributed by atoms with Gasteiger partial charge in [0.2, 0.25) is 0 Å². The molecular weight excluding hydrogens is 448 g/mol. The fourth-order valence-corrected chi connectivity index (χ4v) is 5.87. The number of benzene rings is 4. The van der Waals surface area contributed by atoms with Gasteiger partial charge in [-0.3, -0.25) is 0 Å². The van der Waals surface area contributed by atoms with Gasteiger partial charge in [-0.05, 0) is 45.7 Å². The van der Waals surface area contributed by atoms with Crippen molar-refractivity contribution in [3.8, 4) is 11.8 Å². The first-order valence-electron chi connectivity index (χ1n) is 15.0. The van der Waals surface area contributed by atoms with Crippen LogP contribution in [0.5, 0.6) is 0 Å². The second kappa shape index (κ2) is 13.8. The summed E-state index contributed by atoms with van der Waals surface area (Å²) in [7, 11) is 0. The van der Waals surface area contributed by atoms with E-state index in [1.807, 2.05) is 6.92 Å². The van der Waals surface area contributed by atoms with Gasteiger partial charge in [-0.25, -0.2) is 0 Å². The molecule has 0 aromatic heterocycles. The molecule has 0 saturated heterocycles. The highest BCUT2D eigenvalue weighted by molar-refractivity contribution is 6.23. The largest absolute Gasteiger partial charge is 0.374 e. The lowest BCUT2D eigenvalue weighted by atomic mass is 9.86. The van der Waals surface area contributed by atoms with Crippen molar-refractivity contribution < 1.29 is 5.11 Å². The third kappa shape index (κ3) is 7.27. The van der Waals surface area contributed by atoms with E-state index in [-0.39, 0.29) is 0 Å². The molecule has 0 aliphatic rings. The molecule has 1 unspecified atom stereocenters. The molecule has 0 fully saturated rings. The van der Waals surface area contributed by atoms with E-state index in [1.54, 1.807) is 0 Å². The highest BCUT2D eigenvalue weighted by atomic mass is 16.3. The van der Waals surface area contributed by atoms with Gasteiger partial charge in [-0.2, -0.15) is 0 Å². The minimum absolute atomic E-state index is 0.861. The summed E-state index contributed by atoms with van der Waals surface area (Å²) in [5.41, 5.74) is -0.245. The van der Waals surface area contributed by atoms with Gasteiger partial charge in [-0.15, -0.1) is 0 Å². The molecule has 4 aromatic carbocycles. The first-order chi connectivity index (χ1) is 18.1. The summed E-state index contributed by atoms with van der Waals surface area (Å²) >= 11 is 0. The lowest BCUT2D eigenvalue weighted by molar-refractivity contribution is 0.123. The quantitative estimate of drug-likeness (QED) is 0.0989. The zero-order valence-corrected chi connectivity index (χ0v) is 23.2. The molecule has 1 nitrogen and oxygen atoms in total. The summed E-state index contributed by atoms with van der Waals surface area (Å²) in [5, 5.41) is 18.7. The zero-order chi connectivity index (χ0) is 25.9. The molecule has 37 heavy (non-hydrogen) atoms. The molecule has 0 aliphatic carbocycles. The Labute approximate surface area is 225 Å². The van der Waals surface area contributed by atoms with E-state index in [1.165, 1.54) is 110 Å². The van der Waals surface area contributed by atoms with Crippen molar-refractivity contribution in [2.24, 2.45) is 0 Å². The van der Waals surface area contributed by atoms with Gasteiger partial charge in [0.15, 0.2) is 0 Å². The third-order valence-corrected chi connectivity index (χ3v) is 8.04. The van der Waals surface area contributed by atoms with E-state index in [0.717, 1.165) is 23.8 Å². The van der Waals surface area contributed by atoms with Gasteiger partial charge >= 0.3 is 0 Å². The van der Waals surface area contributed by atoms with Crippen LogP contribution < -0.4 is 0 Å². The Kier molecular flexibility index (Phi) is 10.3. The molecular formula is C36H46O. The highest BCUT2D eigenvalue weighted by Crippen LogP contribution is 2.38. The number of rotatable bonds is 15. The molecule has 1 atom stereocenters. The second-order valence-electron chi connectivity index (χ2n) is 11.2. The third-order valence-electron chi connectivity index (χ3n) is 8.04. The van der Waals surface area contributed by atoms with Crippen LogP contribution in [0.1, 0.15) is 116 Å². The van der Waals surface area contributed by atoms with Gasteiger partial charge < -0.3 is 5.11 Å². The van der Waals surface area contributed by atoms with Crippen LogP contribution in [0.3, 0.4) is 0 Å². The monoisotopic (exact) mass is 494 g/mol.